The third-order valence-corrected chi connectivity index (χ3v) is 2.58. The first-order valence-corrected chi connectivity index (χ1v) is 5.76. The molecule has 15 heteroatoms. The highest BCUT2D eigenvalue weighted by Crippen LogP contribution is 2.45. The number of hydrazone groups is 1. The van der Waals surface area contributed by atoms with Crippen molar-refractivity contribution in [3.8, 4) is 0 Å². The second-order valence-electron chi connectivity index (χ2n) is 4.28. The largest absolute Gasteiger partial charge is 0.460 e. The van der Waals surface area contributed by atoms with E-state index in [1.165, 1.54) is 5.43 Å². The summed E-state index contributed by atoms with van der Waals surface area (Å²) in [5.41, 5.74) is -1.09. The summed E-state index contributed by atoms with van der Waals surface area (Å²) in [6, 6.07) is 1.72. The lowest BCUT2D eigenvalue weighted by atomic mass is 10.2. The van der Waals surface area contributed by atoms with Gasteiger partial charge in [0.2, 0.25) is 0 Å². The molecule has 138 valence electrons. The van der Waals surface area contributed by atoms with Crippen LogP contribution in [0.4, 0.5) is 47.8 Å². The minimum atomic E-state index is -6.57. The minimum Gasteiger partial charge on any atom is -0.272 e. The Hall–Kier alpha value is -3.00. The van der Waals surface area contributed by atoms with Crippen LogP contribution < -0.4 is 5.43 Å². The number of hydrogen-bond donors (Lipinski definition) is 1. The predicted molar refractivity (Wildman–Crippen MR) is 67.8 cm³/mol. The second-order valence-corrected chi connectivity index (χ2v) is 4.28. The first-order valence-electron chi connectivity index (χ1n) is 5.76. The van der Waals surface area contributed by atoms with Gasteiger partial charge < -0.3 is 0 Å². The van der Waals surface area contributed by atoms with E-state index in [0.717, 1.165) is 0 Å². The highest BCUT2D eigenvalue weighted by atomic mass is 19.4. The topological polar surface area (TPSA) is 111 Å². The SMILES string of the molecule is O=[N+]([O-])c1ccc(NN=CC(F)(F)C(F)(F)C(F)(F)F)c([N+](=O)[O-])c1. The van der Waals surface area contributed by atoms with E-state index in [9.17, 15) is 51.0 Å². The summed E-state index contributed by atoms with van der Waals surface area (Å²) in [7, 11) is 0. The lowest BCUT2D eigenvalue weighted by Gasteiger charge is -2.25. The van der Waals surface area contributed by atoms with Gasteiger partial charge in [0.15, 0.2) is 0 Å². The summed E-state index contributed by atoms with van der Waals surface area (Å²) in [5, 5.41) is 23.6. The Morgan fingerprint density at radius 1 is 1.00 bits per heavy atom. The van der Waals surface area contributed by atoms with Crippen LogP contribution in [-0.4, -0.2) is 34.1 Å². The van der Waals surface area contributed by atoms with Crippen LogP contribution in [0.3, 0.4) is 0 Å². The molecule has 0 amide bonds. The standard InChI is InChI=1S/C10H5F7N4O4/c11-8(12,9(13,14)10(15,16)17)4-18-19-6-2-1-5(20(22)23)3-7(6)21(24)25/h1-4,19H. The van der Waals surface area contributed by atoms with Crippen LogP contribution in [0.15, 0.2) is 23.3 Å². The van der Waals surface area contributed by atoms with Gasteiger partial charge in [-0.05, 0) is 6.07 Å². The summed E-state index contributed by atoms with van der Waals surface area (Å²) in [4.78, 5) is 19.0. The number of nitrogens with one attached hydrogen (secondary N) is 1. The number of nitro benzene ring substituents is 2. The van der Waals surface area contributed by atoms with Gasteiger partial charge in [0.1, 0.15) is 11.9 Å². The molecule has 25 heavy (non-hydrogen) atoms. The summed E-state index contributed by atoms with van der Waals surface area (Å²) < 4.78 is 86.8. The van der Waals surface area contributed by atoms with E-state index in [1.54, 1.807) is 0 Å². The van der Waals surface area contributed by atoms with Gasteiger partial charge in [0.05, 0.1) is 15.9 Å². The average Bonchev–Trinajstić information content (AvgIpc) is 2.45. The van der Waals surface area contributed by atoms with Crippen molar-refractivity contribution in [1.82, 2.24) is 0 Å². The molecule has 8 nitrogen and oxygen atoms in total. The molecule has 0 aliphatic carbocycles. The molecule has 1 aromatic rings. The number of alkyl halides is 7. The fourth-order valence-electron chi connectivity index (χ4n) is 1.33. The van der Waals surface area contributed by atoms with Crippen LogP contribution in [0.2, 0.25) is 0 Å². The first kappa shape index (κ1) is 20.0. The van der Waals surface area contributed by atoms with Crippen molar-refractivity contribution in [3.63, 3.8) is 0 Å². The van der Waals surface area contributed by atoms with E-state index in [4.69, 9.17) is 0 Å². The summed E-state index contributed by atoms with van der Waals surface area (Å²) in [6.45, 7) is 0. The molecule has 0 saturated carbocycles. The van der Waals surface area contributed by atoms with Crippen LogP contribution in [0.1, 0.15) is 0 Å². The van der Waals surface area contributed by atoms with Crippen molar-refractivity contribution in [3.05, 3.63) is 38.4 Å². The maximum atomic E-state index is 12.9. The van der Waals surface area contributed by atoms with Gasteiger partial charge in [0, 0.05) is 6.07 Å². The molecular weight excluding hydrogens is 373 g/mol. The van der Waals surface area contributed by atoms with E-state index in [0.29, 0.717) is 18.2 Å². The normalized spacial score (nSPS) is 13.1. The number of rotatable bonds is 6. The van der Waals surface area contributed by atoms with Crippen molar-refractivity contribution in [2.24, 2.45) is 5.10 Å². The van der Waals surface area contributed by atoms with Gasteiger partial charge in [-0.15, -0.1) is 0 Å². The van der Waals surface area contributed by atoms with E-state index in [-0.39, 0.29) is 0 Å². The molecule has 1 N–H and O–H groups in total. The molecule has 1 rings (SSSR count). The number of hydrogen-bond acceptors (Lipinski definition) is 6. The fraction of sp³-hybridized carbons (Fsp3) is 0.300. The lowest BCUT2D eigenvalue weighted by molar-refractivity contribution is -0.393. The molecule has 0 spiro atoms. The molecule has 0 aliphatic rings. The third-order valence-electron chi connectivity index (χ3n) is 2.58. The van der Waals surface area contributed by atoms with E-state index in [1.807, 2.05) is 0 Å². The molecule has 0 radical (unpaired) electrons. The van der Waals surface area contributed by atoms with E-state index < -0.39 is 51.1 Å². The van der Waals surface area contributed by atoms with Gasteiger partial charge in [-0.2, -0.15) is 35.8 Å². The van der Waals surface area contributed by atoms with Gasteiger partial charge in [-0.25, -0.2) is 0 Å². The zero-order valence-corrected chi connectivity index (χ0v) is 11.4. The Bertz CT molecular complexity index is 720. The van der Waals surface area contributed by atoms with Crippen molar-refractivity contribution in [1.29, 1.82) is 0 Å². The Labute approximate surface area is 132 Å². The van der Waals surface area contributed by atoms with Crippen molar-refractivity contribution >= 4 is 23.3 Å². The molecule has 0 saturated heterocycles. The van der Waals surface area contributed by atoms with Gasteiger partial charge in [0.25, 0.3) is 5.69 Å². The Morgan fingerprint density at radius 2 is 1.56 bits per heavy atom. The molecule has 0 aromatic heterocycles. The molecule has 0 fully saturated rings. The van der Waals surface area contributed by atoms with Crippen LogP contribution in [0, 0.1) is 20.2 Å². The number of benzene rings is 1. The smallest absolute Gasteiger partial charge is 0.272 e. The molecule has 0 bridgehead atoms. The highest BCUT2D eigenvalue weighted by Gasteiger charge is 2.72. The first-order chi connectivity index (χ1) is 11.2. The van der Waals surface area contributed by atoms with Gasteiger partial charge in [-0.1, -0.05) is 0 Å². The fourth-order valence-corrected chi connectivity index (χ4v) is 1.33. The molecular formula is C10H5F7N4O4. The van der Waals surface area contributed by atoms with Crippen molar-refractivity contribution in [2.75, 3.05) is 5.43 Å². The van der Waals surface area contributed by atoms with Gasteiger partial charge in [-0.3, -0.25) is 25.7 Å². The number of halogens is 7. The molecule has 0 heterocycles. The molecule has 0 unspecified atom stereocenters. The zero-order chi connectivity index (χ0) is 19.6. The lowest BCUT2D eigenvalue weighted by Crippen LogP contribution is -2.52. The van der Waals surface area contributed by atoms with Crippen molar-refractivity contribution < 1.29 is 40.6 Å². The number of nitrogens with zero attached hydrogens (tertiary/aromatic N) is 3. The molecule has 0 aliphatic heterocycles. The average molecular weight is 378 g/mol. The van der Waals surface area contributed by atoms with Crippen LogP contribution in [0.5, 0.6) is 0 Å². The van der Waals surface area contributed by atoms with Crippen LogP contribution in [-0.2, 0) is 0 Å². The third kappa shape index (κ3) is 4.10. The van der Waals surface area contributed by atoms with E-state index in [2.05, 4.69) is 5.10 Å². The summed E-state index contributed by atoms with van der Waals surface area (Å²) in [6.07, 6.45) is -7.65. The van der Waals surface area contributed by atoms with Crippen LogP contribution in [0.25, 0.3) is 0 Å². The summed E-state index contributed by atoms with van der Waals surface area (Å²) >= 11 is 0. The second kappa shape index (κ2) is 6.48. The number of non-ortho nitro benzene ring substituents is 1. The monoisotopic (exact) mass is 378 g/mol. The molecule has 0 atom stereocenters. The highest BCUT2D eigenvalue weighted by molar-refractivity contribution is 5.71. The predicted octanol–water partition coefficient (Wildman–Crippen LogP) is 3.73. The maximum Gasteiger partial charge on any atom is 0.460 e. The van der Waals surface area contributed by atoms with E-state index >= 15 is 0 Å². The maximum absolute atomic E-state index is 12.9. The van der Waals surface area contributed by atoms with Gasteiger partial charge >= 0.3 is 23.7 Å². The number of anilines is 1. The van der Waals surface area contributed by atoms with Crippen LogP contribution >= 0.6 is 0 Å². The quantitative estimate of drug-likeness (QED) is 0.351. The Morgan fingerprint density at radius 3 is 2.00 bits per heavy atom. The Balaban J connectivity index is 3.10. The summed E-state index contributed by atoms with van der Waals surface area (Å²) in [5.74, 6) is -12.2. The molecule has 1 aromatic carbocycles. The number of nitro groups is 2. The Kier molecular flexibility index (Phi) is 5.20. The van der Waals surface area contributed by atoms with Crippen molar-refractivity contribution in [2.45, 2.75) is 18.0 Å². The minimum absolute atomic E-state index is 0.403. The zero-order valence-electron chi connectivity index (χ0n) is 11.4.